The third-order valence-corrected chi connectivity index (χ3v) is 10.8. The summed E-state index contributed by atoms with van der Waals surface area (Å²) >= 11 is 0. The molecular formula is C48H45NO3. The smallest absolute Gasteiger partial charge is 0.338 e. The highest BCUT2D eigenvalue weighted by atomic mass is 16.5. The topological polar surface area (TPSA) is 38.8 Å². The van der Waals surface area contributed by atoms with E-state index in [1.165, 1.54) is 61.6 Å². The Balaban J connectivity index is 1.16. The van der Waals surface area contributed by atoms with Crippen molar-refractivity contribution >= 4 is 28.5 Å². The Kier molecular flexibility index (Phi) is 9.38. The standard InChI is InChI=1S/C48H45NO3/c1-3-4-6-11-34-14-16-35(17-15-34)36-18-20-37(21-19-36)38-22-27-43-39(32-38)33-45(47(50)51-2)44-28-29-48(52-46(43)44,40-12-7-5-8-13-40)41-23-25-42(26-24-41)49-30-9-10-31-49/h5,7-8,12-29,32-33H,3-4,6,9-11,30-31H2,1-2H3. The summed E-state index contributed by atoms with van der Waals surface area (Å²) < 4.78 is 12.5. The molecule has 2 aliphatic heterocycles. The number of esters is 1. The Morgan fingerprint density at radius 3 is 2.04 bits per heavy atom. The molecule has 260 valence electrons. The summed E-state index contributed by atoms with van der Waals surface area (Å²) in [6.45, 7) is 4.43. The van der Waals surface area contributed by atoms with Crippen LogP contribution in [0.15, 0.2) is 133 Å². The van der Waals surface area contributed by atoms with E-state index in [0.29, 0.717) is 11.3 Å². The highest BCUT2D eigenvalue weighted by Gasteiger charge is 2.39. The zero-order chi connectivity index (χ0) is 35.5. The van der Waals surface area contributed by atoms with Gasteiger partial charge >= 0.3 is 5.97 Å². The summed E-state index contributed by atoms with van der Waals surface area (Å²) in [7, 11) is 1.43. The summed E-state index contributed by atoms with van der Waals surface area (Å²) in [6, 6.07) is 45.2. The summed E-state index contributed by atoms with van der Waals surface area (Å²) in [5.74, 6) is 0.285. The summed E-state index contributed by atoms with van der Waals surface area (Å²) in [4.78, 5) is 15.7. The number of hydrogen-bond donors (Lipinski definition) is 0. The first-order valence-electron chi connectivity index (χ1n) is 18.7. The fourth-order valence-electron chi connectivity index (χ4n) is 7.88. The van der Waals surface area contributed by atoms with Gasteiger partial charge in [-0.25, -0.2) is 4.79 Å². The lowest BCUT2D eigenvalue weighted by Crippen LogP contribution is -2.34. The average molecular weight is 684 g/mol. The van der Waals surface area contributed by atoms with Gasteiger partial charge in [0.05, 0.1) is 12.7 Å². The molecule has 0 spiro atoms. The van der Waals surface area contributed by atoms with E-state index in [9.17, 15) is 4.79 Å². The zero-order valence-electron chi connectivity index (χ0n) is 30.1. The molecule has 6 aromatic carbocycles. The van der Waals surface area contributed by atoms with Gasteiger partial charge in [0.1, 0.15) is 5.75 Å². The van der Waals surface area contributed by atoms with Crippen molar-refractivity contribution in [2.45, 2.75) is 51.0 Å². The third-order valence-electron chi connectivity index (χ3n) is 10.8. The summed E-state index contributed by atoms with van der Waals surface area (Å²) in [6.07, 6.45) is 11.5. The Labute approximate surface area is 307 Å². The molecule has 0 N–H and O–H groups in total. The van der Waals surface area contributed by atoms with Crippen LogP contribution in [0.3, 0.4) is 0 Å². The Hall–Kier alpha value is -5.61. The van der Waals surface area contributed by atoms with Crippen LogP contribution in [0.2, 0.25) is 0 Å². The van der Waals surface area contributed by atoms with E-state index in [0.717, 1.165) is 58.1 Å². The molecule has 2 aliphatic rings. The van der Waals surface area contributed by atoms with Crippen molar-refractivity contribution in [1.82, 2.24) is 0 Å². The summed E-state index contributed by atoms with van der Waals surface area (Å²) in [5, 5.41) is 1.86. The van der Waals surface area contributed by atoms with Crippen molar-refractivity contribution in [1.29, 1.82) is 0 Å². The van der Waals surface area contributed by atoms with Crippen LogP contribution in [-0.2, 0) is 16.8 Å². The van der Waals surface area contributed by atoms with Crippen LogP contribution in [0, 0.1) is 0 Å². The number of unbranched alkanes of at least 4 members (excludes halogenated alkanes) is 2. The molecule has 6 aromatic rings. The quantitative estimate of drug-likeness (QED) is 0.106. The van der Waals surface area contributed by atoms with Gasteiger partial charge in [0, 0.05) is 40.9 Å². The van der Waals surface area contributed by atoms with Crippen molar-refractivity contribution in [3.63, 3.8) is 0 Å². The molecule has 4 heteroatoms. The van der Waals surface area contributed by atoms with E-state index >= 15 is 0 Å². The van der Waals surface area contributed by atoms with Gasteiger partial charge in [0.15, 0.2) is 5.60 Å². The molecule has 0 aromatic heterocycles. The van der Waals surface area contributed by atoms with Crippen molar-refractivity contribution < 1.29 is 14.3 Å². The Morgan fingerprint density at radius 2 is 1.37 bits per heavy atom. The molecule has 1 saturated heterocycles. The molecule has 0 saturated carbocycles. The van der Waals surface area contributed by atoms with Crippen LogP contribution in [0.4, 0.5) is 5.69 Å². The van der Waals surface area contributed by atoms with Crippen molar-refractivity contribution in [3.8, 4) is 28.0 Å². The van der Waals surface area contributed by atoms with Crippen LogP contribution in [0.5, 0.6) is 5.75 Å². The van der Waals surface area contributed by atoms with E-state index < -0.39 is 5.60 Å². The number of fused-ring (bicyclic) bond motifs is 3. The molecule has 1 fully saturated rings. The molecule has 0 bridgehead atoms. The molecule has 2 heterocycles. The second-order valence-electron chi connectivity index (χ2n) is 14.1. The van der Waals surface area contributed by atoms with Crippen LogP contribution >= 0.6 is 0 Å². The fraction of sp³-hybridized carbons (Fsp3) is 0.229. The van der Waals surface area contributed by atoms with E-state index in [2.05, 4.69) is 121 Å². The fourth-order valence-corrected chi connectivity index (χ4v) is 7.88. The highest BCUT2D eigenvalue weighted by Crippen LogP contribution is 2.47. The monoisotopic (exact) mass is 683 g/mol. The van der Waals surface area contributed by atoms with E-state index in [1.54, 1.807) is 0 Å². The predicted octanol–water partition coefficient (Wildman–Crippen LogP) is 11.6. The van der Waals surface area contributed by atoms with Gasteiger partial charge in [-0.05, 0) is 95.3 Å². The molecule has 4 nitrogen and oxygen atoms in total. The molecule has 0 aliphatic carbocycles. The number of nitrogens with zero attached hydrogens (tertiary/aromatic N) is 1. The Bertz CT molecular complexity index is 2210. The number of anilines is 1. The van der Waals surface area contributed by atoms with Gasteiger partial charge < -0.3 is 14.4 Å². The zero-order valence-corrected chi connectivity index (χ0v) is 30.1. The number of aryl methyl sites for hydroxylation is 1. The minimum Gasteiger partial charge on any atom is -0.472 e. The molecule has 8 rings (SSSR count). The maximum absolute atomic E-state index is 13.3. The number of carbonyl (C=O) groups excluding carboxylic acids is 1. The van der Waals surface area contributed by atoms with Gasteiger partial charge in [-0.3, -0.25) is 0 Å². The second kappa shape index (κ2) is 14.6. The van der Waals surface area contributed by atoms with Gasteiger partial charge in [-0.1, -0.05) is 123 Å². The number of ether oxygens (including phenoxy) is 2. The number of methoxy groups -OCH3 is 1. The average Bonchev–Trinajstić information content (AvgIpc) is 3.76. The van der Waals surface area contributed by atoms with Crippen LogP contribution in [0.1, 0.15) is 71.6 Å². The second-order valence-corrected chi connectivity index (χ2v) is 14.1. The van der Waals surface area contributed by atoms with E-state index in [4.69, 9.17) is 9.47 Å². The normalized spacial score (nSPS) is 16.5. The largest absolute Gasteiger partial charge is 0.472 e. The molecule has 1 unspecified atom stereocenters. The Morgan fingerprint density at radius 1 is 0.731 bits per heavy atom. The first-order chi connectivity index (χ1) is 25.6. The molecule has 0 radical (unpaired) electrons. The van der Waals surface area contributed by atoms with Crippen molar-refractivity contribution in [2.75, 3.05) is 25.1 Å². The van der Waals surface area contributed by atoms with Crippen LogP contribution in [-0.4, -0.2) is 26.2 Å². The summed E-state index contributed by atoms with van der Waals surface area (Å²) in [5.41, 5.74) is 9.60. The lowest BCUT2D eigenvalue weighted by molar-refractivity contribution is 0.0599. The maximum atomic E-state index is 13.3. The molecule has 0 amide bonds. The van der Waals surface area contributed by atoms with E-state index in [1.807, 2.05) is 30.3 Å². The van der Waals surface area contributed by atoms with Gasteiger partial charge in [-0.15, -0.1) is 0 Å². The lowest BCUT2D eigenvalue weighted by atomic mass is 9.82. The molecular weight excluding hydrogens is 639 g/mol. The van der Waals surface area contributed by atoms with Gasteiger partial charge in [0.2, 0.25) is 0 Å². The van der Waals surface area contributed by atoms with Crippen LogP contribution in [0.25, 0.3) is 39.1 Å². The first-order valence-corrected chi connectivity index (χ1v) is 18.7. The van der Waals surface area contributed by atoms with Gasteiger partial charge in [0.25, 0.3) is 0 Å². The number of rotatable bonds is 10. The first kappa shape index (κ1) is 33.5. The van der Waals surface area contributed by atoms with Crippen molar-refractivity contribution in [3.05, 3.63) is 161 Å². The van der Waals surface area contributed by atoms with Gasteiger partial charge in [-0.2, -0.15) is 0 Å². The molecule has 1 atom stereocenters. The number of benzene rings is 6. The third kappa shape index (κ3) is 6.39. The van der Waals surface area contributed by atoms with Crippen molar-refractivity contribution in [2.24, 2.45) is 0 Å². The maximum Gasteiger partial charge on any atom is 0.338 e. The van der Waals surface area contributed by atoms with E-state index in [-0.39, 0.29) is 5.97 Å². The molecule has 52 heavy (non-hydrogen) atoms. The highest BCUT2D eigenvalue weighted by molar-refractivity contribution is 6.05. The van der Waals surface area contributed by atoms with Crippen LogP contribution < -0.4 is 9.64 Å². The lowest BCUT2D eigenvalue weighted by Gasteiger charge is -2.37. The SMILES string of the molecule is CCCCCc1ccc(-c2ccc(-c3ccc4c5c(c(C(=O)OC)cc4c3)C=CC(c3ccccc3)(c3ccc(N4CCCC4)cc3)O5)cc2)cc1. The predicted molar refractivity (Wildman–Crippen MR) is 214 cm³/mol. The minimum atomic E-state index is -0.887. The number of hydrogen-bond acceptors (Lipinski definition) is 4. The number of carbonyl (C=O) groups is 1. The minimum absolute atomic E-state index is 0.389.